The first-order valence-electron chi connectivity index (χ1n) is 9.42. The molecule has 23 heavy (non-hydrogen) atoms. The van der Waals surface area contributed by atoms with E-state index in [4.69, 9.17) is 4.74 Å². The summed E-state index contributed by atoms with van der Waals surface area (Å²) in [6.45, 7) is 9.51. The molecule has 2 aliphatic carbocycles. The number of hydrogen-bond acceptors (Lipinski definition) is 2. The molecule has 0 amide bonds. The summed E-state index contributed by atoms with van der Waals surface area (Å²) < 4.78 is 5.30. The van der Waals surface area contributed by atoms with Gasteiger partial charge in [0.05, 0.1) is 7.11 Å². The number of methoxy groups -OCH3 is 1. The monoisotopic (exact) mass is 315 g/mol. The standard InChI is InChI=1S/C21H33NO/c1-5-22(15-18-6-8-20(23-4)9-7-18)21-12-16(2)10-19(14-21)11-17(3)13-21/h6-9,16-17,19H,5,10-15H2,1-4H3. The zero-order valence-electron chi connectivity index (χ0n) is 15.3. The lowest BCUT2D eigenvalue weighted by Crippen LogP contribution is -2.56. The van der Waals surface area contributed by atoms with Gasteiger partial charge in [0.15, 0.2) is 0 Å². The summed E-state index contributed by atoms with van der Waals surface area (Å²) in [5, 5.41) is 0. The summed E-state index contributed by atoms with van der Waals surface area (Å²) >= 11 is 0. The van der Waals surface area contributed by atoms with Crippen LogP contribution >= 0.6 is 0 Å². The van der Waals surface area contributed by atoms with Crippen molar-refractivity contribution >= 4 is 0 Å². The van der Waals surface area contributed by atoms with Gasteiger partial charge >= 0.3 is 0 Å². The second-order valence-corrected chi connectivity index (χ2v) is 8.25. The van der Waals surface area contributed by atoms with Crippen LogP contribution < -0.4 is 4.74 Å². The number of ether oxygens (including phenoxy) is 1. The van der Waals surface area contributed by atoms with E-state index in [9.17, 15) is 0 Å². The maximum absolute atomic E-state index is 5.30. The Labute approximate surface area is 142 Å². The van der Waals surface area contributed by atoms with Crippen LogP contribution in [0.3, 0.4) is 0 Å². The van der Waals surface area contributed by atoms with Crippen LogP contribution in [0.5, 0.6) is 5.75 Å². The number of nitrogens with zero attached hydrogens (tertiary/aromatic N) is 1. The van der Waals surface area contributed by atoms with Crippen LogP contribution in [0.1, 0.15) is 58.4 Å². The number of fused-ring (bicyclic) bond motifs is 2. The third kappa shape index (κ3) is 3.57. The predicted molar refractivity (Wildman–Crippen MR) is 96.7 cm³/mol. The van der Waals surface area contributed by atoms with E-state index in [1.165, 1.54) is 37.7 Å². The Morgan fingerprint density at radius 2 is 1.65 bits per heavy atom. The molecule has 2 aliphatic rings. The normalized spacial score (nSPS) is 33.7. The molecule has 0 saturated heterocycles. The summed E-state index contributed by atoms with van der Waals surface area (Å²) in [6, 6.07) is 8.65. The van der Waals surface area contributed by atoms with E-state index < -0.39 is 0 Å². The molecule has 3 rings (SSSR count). The second-order valence-electron chi connectivity index (χ2n) is 8.25. The molecule has 2 unspecified atom stereocenters. The Morgan fingerprint density at radius 1 is 1.04 bits per heavy atom. The van der Waals surface area contributed by atoms with Crippen molar-refractivity contribution in [2.24, 2.45) is 17.8 Å². The SMILES string of the molecule is CCN(Cc1ccc(OC)cc1)C12CC(C)CC(CC(C)C1)C2. The van der Waals surface area contributed by atoms with Crippen LogP contribution in [0.25, 0.3) is 0 Å². The van der Waals surface area contributed by atoms with E-state index in [0.717, 1.165) is 36.6 Å². The molecule has 1 aromatic rings. The van der Waals surface area contributed by atoms with Gasteiger partial charge in [-0.2, -0.15) is 0 Å². The second kappa shape index (κ2) is 6.84. The topological polar surface area (TPSA) is 12.5 Å². The van der Waals surface area contributed by atoms with Crippen molar-refractivity contribution < 1.29 is 4.74 Å². The lowest BCUT2D eigenvalue weighted by Gasteiger charge is -2.55. The average molecular weight is 316 g/mol. The molecular formula is C21H33NO. The number of rotatable bonds is 5. The molecule has 0 heterocycles. The van der Waals surface area contributed by atoms with Crippen molar-refractivity contribution in [2.45, 2.75) is 65.0 Å². The number of hydrogen-bond donors (Lipinski definition) is 0. The van der Waals surface area contributed by atoms with Crippen molar-refractivity contribution in [2.75, 3.05) is 13.7 Å². The first-order valence-corrected chi connectivity index (χ1v) is 9.42. The third-order valence-corrected chi connectivity index (χ3v) is 6.18. The summed E-state index contributed by atoms with van der Waals surface area (Å²) in [6.07, 6.45) is 7.10. The van der Waals surface area contributed by atoms with Crippen molar-refractivity contribution in [1.82, 2.24) is 4.90 Å². The summed E-state index contributed by atoms with van der Waals surface area (Å²) in [7, 11) is 1.74. The van der Waals surface area contributed by atoms with Gasteiger partial charge in [-0.3, -0.25) is 4.90 Å². The highest BCUT2D eigenvalue weighted by molar-refractivity contribution is 5.27. The Hall–Kier alpha value is -1.02. The average Bonchev–Trinajstić information content (AvgIpc) is 2.51. The smallest absolute Gasteiger partial charge is 0.118 e. The lowest BCUT2D eigenvalue weighted by molar-refractivity contribution is -0.0422. The van der Waals surface area contributed by atoms with Gasteiger partial charge in [0, 0.05) is 12.1 Å². The Kier molecular flexibility index (Phi) is 5.01. The molecule has 0 N–H and O–H groups in total. The third-order valence-electron chi connectivity index (χ3n) is 6.18. The van der Waals surface area contributed by atoms with E-state index in [1.807, 2.05) is 0 Å². The van der Waals surface area contributed by atoms with Crippen molar-refractivity contribution in [3.63, 3.8) is 0 Å². The molecular weight excluding hydrogens is 282 g/mol. The first-order chi connectivity index (χ1) is 11.0. The van der Waals surface area contributed by atoms with Crippen LogP contribution in [0.15, 0.2) is 24.3 Å². The zero-order chi connectivity index (χ0) is 16.4. The summed E-state index contributed by atoms with van der Waals surface area (Å²) in [5.74, 6) is 3.66. The van der Waals surface area contributed by atoms with Gasteiger partial charge in [-0.25, -0.2) is 0 Å². The molecule has 0 spiro atoms. The highest BCUT2D eigenvalue weighted by Crippen LogP contribution is 2.50. The molecule has 0 aromatic heterocycles. The van der Waals surface area contributed by atoms with Gasteiger partial charge in [-0.05, 0) is 74.1 Å². The molecule has 1 aromatic carbocycles. The minimum Gasteiger partial charge on any atom is -0.497 e. The largest absolute Gasteiger partial charge is 0.497 e. The van der Waals surface area contributed by atoms with Gasteiger partial charge in [-0.1, -0.05) is 32.9 Å². The van der Waals surface area contributed by atoms with E-state index in [1.54, 1.807) is 7.11 Å². The van der Waals surface area contributed by atoms with Crippen LogP contribution in [0, 0.1) is 17.8 Å². The van der Waals surface area contributed by atoms with Crippen molar-refractivity contribution in [3.05, 3.63) is 29.8 Å². The van der Waals surface area contributed by atoms with Crippen LogP contribution in [-0.4, -0.2) is 24.1 Å². The van der Waals surface area contributed by atoms with Crippen LogP contribution in [0.2, 0.25) is 0 Å². The van der Waals surface area contributed by atoms with Crippen molar-refractivity contribution in [3.8, 4) is 5.75 Å². The first kappa shape index (κ1) is 16.8. The van der Waals surface area contributed by atoms with E-state index >= 15 is 0 Å². The van der Waals surface area contributed by atoms with E-state index in [0.29, 0.717) is 5.54 Å². The summed E-state index contributed by atoms with van der Waals surface area (Å²) in [5.41, 5.74) is 1.85. The Balaban J connectivity index is 1.79. The van der Waals surface area contributed by atoms with Gasteiger partial charge < -0.3 is 4.74 Å². The van der Waals surface area contributed by atoms with E-state index in [2.05, 4.69) is 49.9 Å². The minimum atomic E-state index is 0.439. The zero-order valence-corrected chi connectivity index (χ0v) is 15.3. The van der Waals surface area contributed by atoms with Gasteiger partial charge in [0.2, 0.25) is 0 Å². The van der Waals surface area contributed by atoms with E-state index in [-0.39, 0.29) is 0 Å². The predicted octanol–water partition coefficient (Wildman–Crippen LogP) is 5.12. The Morgan fingerprint density at radius 3 is 2.17 bits per heavy atom. The molecule has 128 valence electrons. The maximum Gasteiger partial charge on any atom is 0.118 e. The molecule has 2 heteroatoms. The quantitative estimate of drug-likeness (QED) is 0.747. The maximum atomic E-state index is 5.30. The van der Waals surface area contributed by atoms with Gasteiger partial charge in [-0.15, -0.1) is 0 Å². The Bertz CT molecular complexity index is 490. The van der Waals surface area contributed by atoms with Crippen LogP contribution in [0.4, 0.5) is 0 Å². The molecule has 2 nitrogen and oxygen atoms in total. The lowest BCUT2D eigenvalue weighted by atomic mass is 9.60. The highest BCUT2D eigenvalue weighted by Gasteiger charge is 2.47. The van der Waals surface area contributed by atoms with Gasteiger partial charge in [0.1, 0.15) is 5.75 Å². The minimum absolute atomic E-state index is 0.439. The molecule has 2 saturated carbocycles. The van der Waals surface area contributed by atoms with Crippen LogP contribution in [-0.2, 0) is 6.54 Å². The van der Waals surface area contributed by atoms with Gasteiger partial charge in [0.25, 0.3) is 0 Å². The molecule has 0 aliphatic heterocycles. The fraction of sp³-hybridized carbons (Fsp3) is 0.714. The summed E-state index contributed by atoms with van der Waals surface area (Å²) in [4.78, 5) is 2.78. The molecule has 2 atom stereocenters. The molecule has 2 fully saturated rings. The number of benzene rings is 1. The highest BCUT2D eigenvalue weighted by atomic mass is 16.5. The molecule has 0 radical (unpaired) electrons. The fourth-order valence-electron chi connectivity index (χ4n) is 5.61. The molecule has 2 bridgehead atoms. The fourth-order valence-corrected chi connectivity index (χ4v) is 5.61. The van der Waals surface area contributed by atoms with Crippen molar-refractivity contribution in [1.29, 1.82) is 0 Å².